The Labute approximate surface area is 152 Å². The zero-order valence-corrected chi connectivity index (χ0v) is 17.4. The van der Waals surface area contributed by atoms with Crippen molar-refractivity contribution < 1.29 is 4.74 Å². The van der Waals surface area contributed by atoms with Gasteiger partial charge in [-0.15, -0.1) is 0 Å². The van der Waals surface area contributed by atoms with Gasteiger partial charge in [-0.05, 0) is 123 Å². The highest BCUT2D eigenvalue weighted by Crippen LogP contribution is 2.46. The molecule has 1 heteroatoms. The molecule has 0 aliphatic heterocycles. The van der Waals surface area contributed by atoms with Crippen molar-refractivity contribution in [2.45, 2.75) is 62.3 Å². The molecule has 0 aliphatic rings. The van der Waals surface area contributed by atoms with Gasteiger partial charge in [0.25, 0.3) is 0 Å². The van der Waals surface area contributed by atoms with Crippen molar-refractivity contribution in [2.24, 2.45) is 0 Å². The van der Waals surface area contributed by atoms with Gasteiger partial charge in [-0.2, -0.15) is 0 Å². The molecule has 0 spiro atoms. The van der Waals surface area contributed by atoms with Crippen LogP contribution in [-0.2, 0) is 0 Å². The highest BCUT2D eigenvalue weighted by Gasteiger charge is 2.22. The Bertz CT molecular complexity index is 971. The van der Waals surface area contributed by atoms with E-state index >= 15 is 0 Å². The van der Waals surface area contributed by atoms with E-state index in [0.717, 1.165) is 5.75 Å². The Morgan fingerprint density at radius 3 is 0.920 bits per heavy atom. The van der Waals surface area contributed by atoms with Gasteiger partial charge >= 0.3 is 0 Å². The molecule has 3 aromatic carbocycles. The number of hydrogen-bond donors (Lipinski definition) is 0. The van der Waals surface area contributed by atoms with E-state index in [2.05, 4.69) is 62.3 Å². The molecule has 0 aromatic heterocycles. The summed E-state index contributed by atoms with van der Waals surface area (Å²) in [5.41, 5.74) is 12.4. The lowest BCUT2D eigenvalue weighted by Crippen LogP contribution is -2.03. The topological polar surface area (TPSA) is 9.23 Å². The Kier molecular flexibility index (Phi) is 4.10. The average molecular weight is 335 g/mol. The molecule has 0 atom stereocenters. The van der Waals surface area contributed by atoms with Gasteiger partial charge in [0.15, 0.2) is 0 Å². The largest absolute Gasteiger partial charge is 0.495 e. The van der Waals surface area contributed by atoms with E-state index in [1.54, 1.807) is 0 Å². The van der Waals surface area contributed by atoms with E-state index in [4.69, 9.17) is 4.74 Å². The first-order valence-corrected chi connectivity index (χ1v) is 9.11. The summed E-state index contributed by atoms with van der Waals surface area (Å²) in [4.78, 5) is 0. The molecule has 0 saturated carbocycles. The van der Waals surface area contributed by atoms with Crippen LogP contribution in [0.15, 0.2) is 0 Å². The number of ether oxygens (including phenoxy) is 1. The van der Waals surface area contributed by atoms with Gasteiger partial charge < -0.3 is 4.74 Å². The van der Waals surface area contributed by atoms with E-state index in [9.17, 15) is 0 Å². The van der Waals surface area contributed by atoms with Gasteiger partial charge in [0.05, 0.1) is 7.11 Å². The fourth-order valence-corrected chi connectivity index (χ4v) is 4.58. The maximum Gasteiger partial charge on any atom is 0.135 e. The Morgan fingerprint density at radius 1 is 0.360 bits per heavy atom. The fourth-order valence-electron chi connectivity index (χ4n) is 4.58. The maximum atomic E-state index is 6.06. The summed E-state index contributed by atoms with van der Waals surface area (Å²) in [6.45, 7) is 20.2. The molecule has 0 N–H and O–H groups in total. The van der Waals surface area contributed by atoms with Crippen LogP contribution in [-0.4, -0.2) is 7.11 Å². The van der Waals surface area contributed by atoms with Crippen LogP contribution in [0, 0.1) is 62.3 Å². The molecular formula is C24H30O. The fraction of sp³-hybridized carbons (Fsp3) is 0.417. The number of aryl methyl sites for hydroxylation is 5. The molecule has 0 unspecified atom stereocenters. The van der Waals surface area contributed by atoms with Gasteiger partial charge in [-0.1, -0.05) is 0 Å². The number of methoxy groups -OCH3 is 1. The van der Waals surface area contributed by atoms with E-state index in [-0.39, 0.29) is 0 Å². The second kappa shape index (κ2) is 5.76. The first kappa shape index (κ1) is 17.8. The lowest BCUT2D eigenvalue weighted by Gasteiger charge is -2.24. The molecular weight excluding hydrogens is 304 g/mol. The highest BCUT2D eigenvalue weighted by molar-refractivity contribution is 6.13. The minimum atomic E-state index is 1.04. The minimum absolute atomic E-state index is 1.04. The second-order valence-corrected chi connectivity index (χ2v) is 7.66. The van der Waals surface area contributed by atoms with Crippen molar-refractivity contribution in [1.29, 1.82) is 0 Å². The molecule has 0 bridgehead atoms. The van der Waals surface area contributed by atoms with E-state index in [0.29, 0.717) is 0 Å². The zero-order chi connectivity index (χ0) is 18.8. The lowest BCUT2D eigenvalue weighted by molar-refractivity contribution is 0.424. The number of fused-ring (bicyclic) bond motifs is 2. The van der Waals surface area contributed by atoms with E-state index in [1.165, 1.54) is 71.6 Å². The predicted molar refractivity (Wildman–Crippen MR) is 111 cm³/mol. The highest BCUT2D eigenvalue weighted by atomic mass is 16.5. The smallest absolute Gasteiger partial charge is 0.135 e. The average Bonchev–Trinajstić information content (AvgIpc) is 2.59. The maximum absolute atomic E-state index is 6.06. The summed E-state index contributed by atoms with van der Waals surface area (Å²) in [7, 11) is 1.82. The number of hydrogen-bond acceptors (Lipinski definition) is 1. The van der Waals surface area contributed by atoms with Crippen molar-refractivity contribution in [1.82, 2.24) is 0 Å². The third-order valence-corrected chi connectivity index (χ3v) is 6.78. The van der Waals surface area contributed by atoms with E-state index < -0.39 is 0 Å². The molecule has 0 fully saturated rings. The van der Waals surface area contributed by atoms with Crippen molar-refractivity contribution in [3.8, 4) is 5.75 Å². The summed E-state index contributed by atoms with van der Waals surface area (Å²) in [5, 5.41) is 5.32. The van der Waals surface area contributed by atoms with Crippen LogP contribution < -0.4 is 4.74 Å². The van der Waals surface area contributed by atoms with Gasteiger partial charge in [-0.3, -0.25) is 0 Å². The van der Waals surface area contributed by atoms with Crippen molar-refractivity contribution in [3.05, 3.63) is 50.1 Å². The Balaban J connectivity index is 2.84. The minimum Gasteiger partial charge on any atom is -0.495 e. The van der Waals surface area contributed by atoms with Gasteiger partial charge in [-0.25, -0.2) is 0 Å². The molecule has 0 aliphatic carbocycles. The summed E-state index contributed by atoms with van der Waals surface area (Å²) in [6.07, 6.45) is 0. The van der Waals surface area contributed by atoms with Gasteiger partial charge in [0.2, 0.25) is 0 Å². The summed E-state index contributed by atoms with van der Waals surface area (Å²) in [6, 6.07) is 0. The molecule has 0 amide bonds. The summed E-state index contributed by atoms with van der Waals surface area (Å²) in [5.74, 6) is 1.04. The first-order chi connectivity index (χ1) is 11.6. The second-order valence-electron chi connectivity index (χ2n) is 7.66. The van der Waals surface area contributed by atoms with Crippen molar-refractivity contribution in [2.75, 3.05) is 7.11 Å². The first-order valence-electron chi connectivity index (χ1n) is 9.11. The molecule has 0 saturated heterocycles. The number of rotatable bonds is 1. The molecule has 1 nitrogen and oxygen atoms in total. The number of benzene rings is 3. The molecule has 3 aromatic rings. The quantitative estimate of drug-likeness (QED) is 0.446. The molecule has 0 heterocycles. The van der Waals surface area contributed by atoms with E-state index in [1.807, 2.05) is 7.11 Å². The third kappa shape index (κ3) is 2.14. The monoisotopic (exact) mass is 334 g/mol. The normalized spacial score (nSPS) is 11.6. The van der Waals surface area contributed by atoms with Crippen LogP contribution in [0.5, 0.6) is 5.75 Å². The van der Waals surface area contributed by atoms with Gasteiger partial charge in [0, 0.05) is 10.8 Å². The van der Waals surface area contributed by atoms with Crippen molar-refractivity contribution in [3.63, 3.8) is 0 Å². The SMILES string of the molecule is COc1c2c(C)c(C)c(C)c(C)c2c(C)c2c(C)c(C)c(C)c(C)c12. The molecule has 3 rings (SSSR count). The zero-order valence-electron chi connectivity index (χ0n) is 17.4. The van der Waals surface area contributed by atoms with Crippen LogP contribution in [0.25, 0.3) is 21.5 Å². The Hall–Kier alpha value is -2.02. The van der Waals surface area contributed by atoms with Crippen LogP contribution in [0.4, 0.5) is 0 Å². The van der Waals surface area contributed by atoms with Crippen LogP contribution in [0.3, 0.4) is 0 Å². The van der Waals surface area contributed by atoms with Crippen LogP contribution in [0.1, 0.15) is 50.1 Å². The summed E-state index contributed by atoms with van der Waals surface area (Å²) < 4.78 is 6.06. The lowest BCUT2D eigenvalue weighted by atomic mass is 9.82. The van der Waals surface area contributed by atoms with Gasteiger partial charge in [0.1, 0.15) is 5.75 Å². The summed E-state index contributed by atoms with van der Waals surface area (Å²) >= 11 is 0. The molecule has 0 radical (unpaired) electrons. The molecule has 132 valence electrons. The predicted octanol–water partition coefficient (Wildman–Crippen LogP) is 6.78. The van der Waals surface area contributed by atoms with Crippen molar-refractivity contribution >= 4 is 21.5 Å². The third-order valence-electron chi connectivity index (χ3n) is 6.78. The Morgan fingerprint density at radius 2 is 0.640 bits per heavy atom. The standard InChI is InChI=1S/C24H30O/c1-11-13(3)17(7)22-20(15(11)5)19(9)21-16(6)12(2)14(4)18(8)23(21)24(22)25-10/h1-10H3. The van der Waals surface area contributed by atoms with Crippen LogP contribution >= 0.6 is 0 Å². The van der Waals surface area contributed by atoms with Crippen LogP contribution in [0.2, 0.25) is 0 Å². The molecule has 25 heavy (non-hydrogen) atoms.